The Morgan fingerprint density at radius 3 is 2.78 bits per heavy atom. The lowest BCUT2D eigenvalue weighted by Crippen LogP contribution is -2.36. The van der Waals surface area contributed by atoms with E-state index in [9.17, 15) is 13.2 Å². The second-order valence-electron chi connectivity index (χ2n) is 5.44. The lowest BCUT2D eigenvalue weighted by molar-refractivity contribution is 0.0963. The summed E-state index contributed by atoms with van der Waals surface area (Å²) >= 11 is 0. The number of anilines is 1. The Morgan fingerprint density at radius 2 is 2.09 bits per heavy atom. The highest BCUT2D eigenvalue weighted by Gasteiger charge is 2.28. The molecule has 2 heterocycles. The Bertz CT molecular complexity index is 812. The monoisotopic (exact) mass is 334 g/mol. The predicted octanol–water partition coefficient (Wildman–Crippen LogP) is 1.05. The molecule has 1 aliphatic heterocycles. The molecule has 0 bridgehead atoms. The van der Waals surface area contributed by atoms with Crippen LogP contribution in [0, 0.1) is 0 Å². The van der Waals surface area contributed by atoms with Gasteiger partial charge < -0.3 is 5.32 Å². The fourth-order valence-electron chi connectivity index (χ4n) is 2.70. The molecule has 0 spiro atoms. The number of benzene rings is 1. The SMILES string of the molecule is CNC(=O)c1ccc(CS(=O)(=O)N2CCCc3[nH]ncc32)cc1. The second kappa shape index (κ2) is 6.04. The molecule has 7 nitrogen and oxygen atoms in total. The van der Waals surface area contributed by atoms with E-state index in [1.807, 2.05) is 0 Å². The summed E-state index contributed by atoms with van der Waals surface area (Å²) in [5, 5.41) is 9.32. The summed E-state index contributed by atoms with van der Waals surface area (Å²) in [5.74, 6) is -0.301. The molecule has 0 aliphatic carbocycles. The van der Waals surface area contributed by atoms with Gasteiger partial charge in [-0.3, -0.25) is 14.2 Å². The van der Waals surface area contributed by atoms with Crippen LogP contribution >= 0.6 is 0 Å². The lowest BCUT2D eigenvalue weighted by Gasteiger charge is -2.27. The first kappa shape index (κ1) is 15.5. The van der Waals surface area contributed by atoms with Crippen LogP contribution < -0.4 is 9.62 Å². The van der Waals surface area contributed by atoms with Crippen molar-refractivity contribution in [3.8, 4) is 0 Å². The zero-order valence-electron chi connectivity index (χ0n) is 12.7. The van der Waals surface area contributed by atoms with Crippen molar-refractivity contribution in [3.05, 3.63) is 47.3 Å². The quantitative estimate of drug-likeness (QED) is 0.874. The molecule has 1 aliphatic rings. The average Bonchev–Trinajstić information content (AvgIpc) is 3.02. The van der Waals surface area contributed by atoms with E-state index in [2.05, 4.69) is 15.5 Å². The second-order valence-corrected chi connectivity index (χ2v) is 7.34. The third kappa shape index (κ3) is 3.07. The number of carbonyl (C=O) groups is 1. The van der Waals surface area contributed by atoms with Crippen molar-refractivity contribution < 1.29 is 13.2 Å². The van der Waals surface area contributed by atoms with Crippen LogP contribution in [0.25, 0.3) is 0 Å². The van der Waals surface area contributed by atoms with Crippen molar-refractivity contribution in [1.29, 1.82) is 0 Å². The highest BCUT2D eigenvalue weighted by atomic mass is 32.2. The van der Waals surface area contributed by atoms with Gasteiger partial charge in [-0.2, -0.15) is 5.10 Å². The number of aromatic amines is 1. The van der Waals surface area contributed by atoms with Crippen molar-refractivity contribution in [2.24, 2.45) is 0 Å². The molecule has 1 aromatic heterocycles. The molecule has 1 aromatic carbocycles. The number of hydrogen-bond donors (Lipinski definition) is 2. The number of nitrogens with one attached hydrogen (secondary N) is 2. The summed E-state index contributed by atoms with van der Waals surface area (Å²) in [6.07, 6.45) is 3.13. The van der Waals surface area contributed by atoms with Crippen molar-refractivity contribution >= 4 is 21.6 Å². The van der Waals surface area contributed by atoms with E-state index in [4.69, 9.17) is 0 Å². The van der Waals surface area contributed by atoms with Gasteiger partial charge in [0.15, 0.2) is 0 Å². The van der Waals surface area contributed by atoms with Crippen LogP contribution in [0.1, 0.15) is 28.0 Å². The molecule has 23 heavy (non-hydrogen) atoms. The Balaban J connectivity index is 1.81. The fourth-order valence-corrected chi connectivity index (χ4v) is 4.33. The van der Waals surface area contributed by atoms with Crippen molar-refractivity contribution in [1.82, 2.24) is 15.5 Å². The first-order valence-corrected chi connectivity index (χ1v) is 8.96. The maximum atomic E-state index is 12.7. The van der Waals surface area contributed by atoms with Crippen LogP contribution in [0.2, 0.25) is 0 Å². The lowest BCUT2D eigenvalue weighted by atomic mass is 10.1. The minimum absolute atomic E-state index is 0.106. The number of aromatic nitrogens is 2. The van der Waals surface area contributed by atoms with Gasteiger partial charge >= 0.3 is 0 Å². The van der Waals surface area contributed by atoms with E-state index < -0.39 is 10.0 Å². The molecule has 0 radical (unpaired) electrons. The summed E-state index contributed by atoms with van der Waals surface area (Å²) in [7, 11) is -1.93. The standard InChI is InChI=1S/C15H18N4O3S/c1-16-15(20)12-6-4-11(5-7-12)10-23(21,22)19-8-2-3-13-14(19)9-17-18-13/h4-7,9H,2-3,8,10H2,1H3,(H,16,20)(H,17,18). The Hall–Kier alpha value is -2.35. The molecule has 3 rings (SSSR count). The first-order chi connectivity index (χ1) is 11.0. The summed E-state index contributed by atoms with van der Waals surface area (Å²) in [6.45, 7) is 0.463. The maximum Gasteiger partial charge on any atom is 0.251 e. The molecular weight excluding hydrogens is 316 g/mol. The van der Waals surface area contributed by atoms with E-state index in [0.717, 1.165) is 18.5 Å². The van der Waals surface area contributed by atoms with Crippen LogP contribution in [0.15, 0.2) is 30.5 Å². The van der Waals surface area contributed by atoms with Gasteiger partial charge in [0.05, 0.1) is 23.3 Å². The highest BCUT2D eigenvalue weighted by Crippen LogP contribution is 2.28. The smallest absolute Gasteiger partial charge is 0.251 e. The Labute approximate surface area is 134 Å². The largest absolute Gasteiger partial charge is 0.355 e. The topological polar surface area (TPSA) is 95.2 Å². The zero-order valence-corrected chi connectivity index (χ0v) is 13.6. The Kier molecular flexibility index (Phi) is 4.08. The van der Waals surface area contributed by atoms with Crippen molar-refractivity contribution in [2.75, 3.05) is 17.9 Å². The van der Waals surface area contributed by atoms with Crippen LogP contribution in [0.3, 0.4) is 0 Å². The van der Waals surface area contributed by atoms with Gasteiger partial charge in [-0.25, -0.2) is 8.42 Å². The molecule has 1 amide bonds. The molecule has 2 N–H and O–H groups in total. The molecule has 0 saturated heterocycles. The third-order valence-electron chi connectivity index (χ3n) is 3.88. The molecule has 122 valence electrons. The molecule has 0 saturated carbocycles. The molecule has 8 heteroatoms. The molecule has 0 unspecified atom stereocenters. The van der Waals surface area contributed by atoms with Gasteiger partial charge in [-0.05, 0) is 30.5 Å². The number of amides is 1. The maximum absolute atomic E-state index is 12.7. The van der Waals surface area contributed by atoms with Crippen molar-refractivity contribution in [3.63, 3.8) is 0 Å². The van der Waals surface area contributed by atoms with Gasteiger partial charge in [0.1, 0.15) is 0 Å². The number of sulfonamides is 1. The highest BCUT2D eigenvalue weighted by molar-refractivity contribution is 7.92. The number of aryl methyl sites for hydroxylation is 1. The first-order valence-electron chi connectivity index (χ1n) is 7.35. The van der Waals surface area contributed by atoms with Gasteiger partial charge in [0.2, 0.25) is 10.0 Å². The van der Waals surface area contributed by atoms with Gasteiger partial charge in [0, 0.05) is 19.2 Å². The van der Waals surface area contributed by atoms with Crippen LogP contribution in [-0.2, 0) is 22.2 Å². The number of H-pyrrole nitrogens is 1. The van der Waals surface area contributed by atoms with Crippen LogP contribution in [0.4, 0.5) is 5.69 Å². The fraction of sp³-hybridized carbons (Fsp3) is 0.333. The molecule has 0 atom stereocenters. The van der Waals surface area contributed by atoms with Gasteiger partial charge in [0.25, 0.3) is 5.91 Å². The molecule has 2 aromatic rings. The summed E-state index contributed by atoms with van der Waals surface area (Å²) in [6, 6.07) is 6.59. The predicted molar refractivity (Wildman–Crippen MR) is 86.7 cm³/mol. The third-order valence-corrected chi connectivity index (χ3v) is 5.63. The van der Waals surface area contributed by atoms with E-state index in [1.165, 1.54) is 4.31 Å². The Morgan fingerprint density at radius 1 is 1.35 bits per heavy atom. The zero-order chi connectivity index (χ0) is 16.4. The van der Waals surface area contributed by atoms with Crippen molar-refractivity contribution in [2.45, 2.75) is 18.6 Å². The average molecular weight is 334 g/mol. The van der Waals surface area contributed by atoms with Gasteiger partial charge in [-0.1, -0.05) is 12.1 Å². The number of rotatable bonds is 4. The van der Waals surface area contributed by atoms with E-state index >= 15 is 0 Å². The summed E-state index contributed by atoms with van der Waals surface area (Å²) < 4.78 is 26.8. The van der Waals surface area contributed by atoms with Gasteiger partial charge in [-0.15, -0.1) is 0 Å². The summed E-state index contributed by atoms with van der Waals surface area (Å²) in [4.78, 5) is 11.5. The number of nitrogens with zero attached hydrogens (tertiary/aromatic N) is 2. The molecular formula is C15H18N4O3S. The number of fused-ring (bicyclic) bond motifs is 1. The minimum Gasteiger partial charge on any atom is -0.355 e. The van der Waals surface area contributed by atoms with E-state index in [0.29, 0.717) is 23.4 Å². The van der Waals surface area contributed by atoms with E-state index in [1.54, 1.807) is 37.5 Å². The van der Waals surface area contributed by atoms with Crippen LogP contribution in [0.5, 0.6) is 0 Å². The number of hydrogen-bond acceptors (Lipinski definition) is 4. The summed E-state index contributed by atoms with van der Waals surface area (Å²) in [5.41, 5.74) is 2.64. The minimum atomic E-state index is -3.49. The van der Waals surface area contributed by atoms with Crippen LogP contribution in [-0.4, -0.2) is 38.1 Å². The molecule has 0 fully saturated rings. The van der Waals surface area contributed by atoms with E-state index in [-0.39, 0.29) is 11.7 Å². The number of carbonyl (C=O) groups excluding carboxylic acids is 1. The normalized spacial score (nSPS) is 14.4.